The van der Waals surface area contributed by atoms with Crippen molar-refractivity contribution in [3.8, 4) is 0 Å². The number of piperazine rings is 1. The van der Waals surface area contributed by atoms with E-state index in [0.717, 1.165) is 31.6 Å². The molecule has 1 aromatic carbocycles. The van der Waals surface area contributed by atoms with E-state index in [-0.39, 0.29) is 0 Å². The number of carboxylic acids is 1. The first-order valence-electron chi connectivity index (χ1n) is 7.35. The van der Waals surface area contributed by atoms with Crippen molar-refractivity contribution in [3.63, 3.8) is 0 Å². The van der Waals surface area contributed by atoms with Crippen molar-refractivity contribution in [2.45, 2.75) is 26.3 Å². The summed E-state index contributed by atoms with van der Waals surface area (Å²) in [4.78, 5) is 11.3. The van der Waals surface area contributed by atoms with Crippen molar-refractivity contribution in [2.75, 3.05) is 19.6 Å². The lowest BCUT2D eigenvalue weighted by Crippen LogP contribution is -2.53. The second-order valence-electron chi connectivity index (χ2n) is 5.84. The first-order chi connectivity index (χ1) is 9.59. The number of rotatable bonds is 5. The molecule has 1 aliphatic heterocycles. The van der Waals surface area contributed by atoms with Crippen molar-refractivity contribution in [1.29, 1.82) is 0 Å². The highest BCUT2D eigenvalue weighted by Gasteiger charge is 2.27. The molecule has 0 aliphatic carbocycles. The highest BCUT2D eigenvalue weighted by molar-refractivity contribution is 5.89. The van der Waals surface area contributed by atoms with Crippen LogP contribution in [0.4, 0.5) is 0 Å². The number of aromatic carboxylic acids is 1. The Morgan fingerprint density at radius 2 is 2.10 bits per heavy atom. The maximum Gasteiger partial charge on any atom is 0.335 e. The SMILES string of the molecule is CC(C)[C@@H](Cc1ccccc1C(=O)O)C1CNCCN1. The van der Waals surface area contributed by atoms with E-state index in [1.807, 2.05) is 12.1 Å². The van der Waals surface area contributed by atoms with E-state index in [0.29, 0.717) is 23.4 Å². The molecule has 1 unspecified atom stereocenters. The summed E-state index contributed by atoms with van der Waals surface area (Å²) in [6.07, 6.45) is 0.805. The van der Waals surface area contributed by atoms with Crippen LogP contribution in [0.2, 0.25) is 0 Å². The molecule has 0 radical (unpaired) electrons. The Morgan fingerprint density at radius 1 is 1.35 bits per heavy atom. The maximum atomic E-state index is 11.3. The number of carbonyl (C=O) groups is 1. The van der Waals surface area contributed by atoms with Gasteiger partial charge in [0.15, 0.2) is 0 Å². The molecule has 3 N–H and O–H groups in total. The lowest BCUT2D eigenvalue weighted by atomic mass is 9.81. The molecule has 110 valence electrons. The standard InChI is InChI=1S/C16H24N2O2/c1-11(2)14(15-10-17-7-8-18-15)9-12-5-3-4-6-13(12)16(19)20/h3-6,11,14-15,17-18H,7-10H2,1-2H3,(H,19,20)/t14-,15?/m1/s1. The summed E-state index contributed by atoms with van der Waals surface area (Å²) in [6.45, 7) is 7.37. The molecule has 0 spiro atoms. The van der Waals surface area contributed by atoms with E-state index >= 15 is 0 Å². The number of hydrogen-bond acceptors (Lipinski definition) is 3. The van der Waals surface area contributed by atoms with Crippen LogP contribution in [0.5, 0.6) is 0 Å². The molecule has 0 saturated carbocycles. The topological polar surface area (TPSA) is 61.4 Å². The Balaban J connectivity index is 2.17. The van der Waals surface area contributed by atoms with Crippen molar-refractivity contribution < 1.29 is 9.90 Å². The first-order valence-corrected chi connectivity index (χ1v) is 7.35. The summed E-state index contributed by atoms with van der Waals surface area (Å²) >= 11 is 0. The molecule has 1 fully saturated rings. The van der Waals surface area contributed by atoms with Gasteiger partial charge in [0.25, 0.3) is 0 Å². The fourth-order valence-corrected chi connectivity index (χ4v) is 2.98. The fourth-order valence-electron chi connectivity index (χ4n) is 2.98. The molecule has 1 aliphatic rings. The Hall–Kier alpha value is -1.39. The van der Waals surface area contributed by atoms with Gasteiger partial charge in [0.05, 0.1) is 5.56 Å². The number of carboxylic acid groups (broad SMARTS) is 1. The van der Waals surface area contributed by atoms with Gasteiger partial charge in [0.2, 0.25) is 0 Å². The van der Waals surface area contributed by atoms with Crippen molar-refractivity contribution in [1.82, 2.24) is 10.6 Å². The third kappa shape index (κ3) is 3.58. The van der Waals surface area contributed by atoms with E-state index in [2.05, 4.69) is 24.5 Å². The molecule has 0 bridgehead atoms. The molecule has 0 aromatic heterocycles. The van der Waals surface area contributed by atoms with E-state index < -0.39 is 5.97 Å². The van der Waals surface area contributed by atoms with Crippen molar-refractivity contribution in [3.05, 3.63) is 35.4 Å². The fraction of sp³-hybridized carbons (Fsp3) is 0.562. The smallest absolute Gasteiger partial charge is 0.335 e. The molecule has 2 rings (SSSR count). The van der Waals surface area contributed by atoms with E-state index in [4.69, 9.17) is 0 Å². The quantitative estimate of drug-likeness (QED) is 0.767. The van der Waals surface area contributed by atoms with Gasteiger partial charge < -0.3 is 15.7 Å². The molecule has 20 heavy (non-hydrogen) atoms. The summed E-state index contributed by atoms with van der Waals surface area (Å²) in [7, 11) is 0. The number of benzene rings is 1. The third-order valence-corrected chi connectivity index (χ3v) is 4.15. The first kappa shape index (κ1) is 15.0. The largest absolute Gasteiger partial charge is 0.478 e. The monoisotopic (exact) mass is 276 g/mol. The second-order valence-corrected chi connectivity index (χ2v) is 5.84. The summed E-state index contributed by atoms with van der Waals surface area (Å²) in [5.41, 5.74) is 1.37. The molecular formula is C16H24N2O2. The minimum absolute atomic E-state index is 0.408. The zero-order valence-electron chi connectivity index (χ0n) is 12.2. The van der Waals surface area contributed by atoms with Crippen LogP contribution >= 0.6 is 0 Å². The molecular weight excluding hydrogens is 252 g/mol. The Bertz CT molecular complexity index is 454. The predicted octanol–water partition coefficient (Wildman–Crippen LogP) is 1.76. The summed E-state index contributed by atoms with van der Waals surface area (Å²) in [6, 6.07) is 7.76. The van der Waals surface area contributed by atoms with Crippen molar-refractivity contribution in [2.24, 2.45) is 11.8 Å². The molecule has 4 nitrogen and oxygen atoms in total. The van der Waals surface area contributed by atoms with Gasteiger partial charge in [-0.25, -0.2) is 4.79 Å². The Labute approximate surface area is 120 Å². The van der Waals surface area contributed by atoms with Gasteiger partial charge in [0.1, 0.15) is 0 Å². The minimum atomic E-state index is -0.835. The molecule has 0 amide bonds. The molecule has 2 atom stereocenters. The van der Waals surface area contributed by atoms with E-state index in [1.54, 1.807) is 12.1 Å². The zero-order valence-corrected chi connectivity index (χ0v) is 12.2. The average Bonchev–Trinajstić information content (AvgIpc) is 2.45. The summed E-state index contributed by atoms with van der Waals surface area (Å²) < 4.78 is 0. The van der Waals surface area contributed by atoms with Gasteiger partial charge >= 0.3 is 5.97 Å². The maximum absolute atomic E-state index is 11.3. The van der Waals surface area contributed by atoms with Crippen LogP contribution in [0.25, 0.3) is 0 Å². The van der Waals surface area contributed by atoms with Crippen LogP contribution in [-0.2, 0) is 6.42 Å². The van der Waals surface area contributed by atoms with Crippen molar-refractivity contribution >= 4 is 5.97 Å². The normalized spacial score (nSPS) is 20.9. The lowest BCUT2D eigenvalue weighted by molar-refractivity contribution is 0.0695. The van der Waals surface area contributed by atoms with Crippen LogP contribution in [0.15, 0.2) is 24.3 Å². The van der Waals surface area contributed by atoms with Gasteiger partial charge in [-0.1, -0.05) is 32.0 Å². The number of hydrogen-bond donors (Lipinski definition) is 3. The highest BCUT2D eigenvalue weighted by atomic mass is 16.4. The lowest BCUT2D eigenvalue weighted by Gasteiger charge is -2.34. The second kappa shape index (κ2) is 6.86. The number of nitrogens with one attached hydrogen (secondary N) is 2. The third-order valence-electron chi connectivity index (χ3n) is 4.15. The molecule has 1 heterocycles. The van der Waals surface area contributed by atoms with Gasteiger partial charge in [-0.3, -0.25) is 0 Å². The Kier molecular flexibility index (Phi) is 5.15. The van der Waals surface area contributed by atoms with Gasteiger partial charge in [-0.05, 0) is 29.9 Å². The van der Waals surface area contributed by atoms with Crippen LogP contribution in [0.3, 0.4) is 0 Å². The van der Waals surface area contributed by atoms with Crippen LogP contribution in [0.1, 0.15) is 29.8 Å². The van der Waals surface area contributed by atoms with E-state index in [1.165, 1.54) is 0 Å². The zero-order chi connectivity index (χ0) is 14.5. The van der Waals surface area contributed by atoms with Crippen LogP contribution in [-0.4, -0.2) is 36.8 Å². The molecule has 4 heteroatoms. The molecule has 1 saturated heterocycles. The Morgan fingerprint density at radius 3 is 2.70 bits per heavy atom. The summed E-state index contributed by atoms with van der Waals surface area (Å²) in [5, 5.41) is 16.3. The predicted molar refractivity (Wildman–Crippen MR) is 80.1 cm³/mol. The summed E-state index contributed by atoms with van der Waals surface area (Å²) in [5.74, 6) is 0.107. The van der Waals surface area contributed by atoms with Gasteiger partial charge in [0, 0.05) is 25.7 Å². The van der Waals surface area contributed by atoms with Gasteiger partial charge in [-0.15, -0.1) is 0 Å². The molecule has 1 aromatic rings. The van der Waals surface area contributed by atoms with Crippen LogP contribution in [0, 0.1) is 11.8 Å². The van der Waals surface area contributed by atoms with E-state index in [9.17, 15) is 9.90 Å². The average molecular weight is 276 g/mol. The highest BCUT2D eigenvalue weighted by Crippen LogP contribution is 2.23. The van der Waals surface area contributed by atoms with Crippen LogP contribution < -0.4 is 10.6 Å². The minimum Gasteiger partial charge on any atom is -0.478 e. The van der Waals surface area contributed by atoms with Gasteiger partial charge in [-0.2, -0.15) is 0 Å².